The molecular weight excluding hydrogens is 327 g/mol. The van der Waals surface area contributed by atoms with Crippen molar-refractivity contribution in [1.82, 2.24) is 9.80 Å². The molecule has 1 heterocycles. The number of carbonyl (C=O) groups is 1. The average Bonchev–Trinajstić information content (AvgIpc) is 2.64. The van der Waals surface area contributed by atoms with Crippen LogP contribution in [0.15, 0.2) is 22.7 Å². The van der Waals surface area contributed by atoms with Crippen molar-refractivity contribution in [2.24, 2.45) is 0 Å². The molecule has 1 N–H and O–H groups in total. The number of benzene rings is 1. The number of halogens is 2. The van der Waals surface area contributed by atoms with Crippen molar-refractivity contribution < 1.29 is 14.3 Å². The van der Waals surface area contributed by atoms with Crippen LogP contribution in [0, 0.1) is 5.82 Å². The summed E-state index contributed by atoms with van der Waals surface area (Å²) in [5.74, 6) is -0.443. The highest BCUT2D eigenvalue weighted by Gasteiger charge is 2.21. The maximum absolute atomic E-state index is 13.1. The van der Waals surface area contributed by atoms with Crippen molar-refractivity contribution in [3.05, 3.63) is 34.1 Å². The van der Waals surface area contributed by atoms with E-state index in [1.54, 1.807) is 4.90 Å². The average molecular weight is 345 g/mol. The molecule has 2 rings (SSSR count). The van der Waals surface area contributed by atoms with Gasteiger partial charge in [-0.05, 0) is 47.1 Å². The topological polar surface area (TPSA) is 43.8 Å². The molecule has 0 bridgehead atoms. The Kier molecular flexibility index (Phi) is 5.51. The van der Waals surface area contributed by atoms with Crippen LogP contribution in [-0.2, 0) is 0 Å². The molecule has 1 aromatic rings. The number of hydrogen-bond donors (Lipinski definition) is 1. The smallest absolute Gasteiger partial charge is 0.255 e. The van der Waals surface area contributed by atoms with Crippen molar-refractivity contribution >= 4 is 21.8 Å². The molecule has 0 aromatic heterocycles. The number of nitrogens with zero attached hydrogens (tertiary/aromatic N) is 2. The SMILES string of the molecule is O=C(c1ccc(F)cc1Br)N1CCCN(CCO)CC1. The monoisotopic (exact) mass is 344 g/mol. The molecule has 0 radical (unpaired) electrons. The number of aliphatic hydroxyl groups is 1. The van der Waals surface area contributed by atoms with Gasteiger partial charge in [0.15, 0.2) is 0 Å². The summed E-state index contributed by atoms with van der Waals surface area (Å²) >= 11 is 3.24. The first-order valence-corrected chi connectivity index (χ1v) is 7.48. The van der Waals surface area contributed by atoms with E-state index in [4.69, 9.17) is 5.11 Å². The number of rotatable bonds is 3. The number of β-amino-alcohol motifs (C(OH)–C–C–N with tert-alkyl or cyclic N) is 1. The molecule has 6 heteroatoms. The van der Waals surface area contributed by atoms with Gasteiger partial charge in [0.25, 0.3) is 5.91 Å². The first-order valence-electron chi connectivity index (χ1n) is 6.69. The van der Waals surface area contributed by atoms with E-state index in [1.165, 1.54) is 18.2 Å². The largest absolute Gasteiger partial charge is 0.395 e. The van der Waals surface area contributed by atoms with Crippen LogP contribution >= 0.6 is 15.9 Å². The van der Waals surface area contributed by atoms with Crippen molar-refractivity contribution in [2.45, 2.75) is 6.42 Å². The predicted octanol–water partition coefficient (Wildman–Crippen LogP) is 1.73. The fraction of sp³-hybridized carbons (Fsp3) is 0.500. The molecule has 1 saturated heterocycles. The van der Waals surface area contributed by atoms with Gasteiger partial charge in [0.2, 0.25) is 0 Å². The fourth-order valence-corrected chi connectivity index (χ4v) is 2.89. The van der Waals surface area contributed by atoms with Crippen LogP contribution in [-0.4, -0.2) is 60.1 Å². The van der Waals surface area contributed by atoms with E-state index in [0.717, 1.165) is 19.5 Å². The number of aliphatic hydroxyl groups excluding tert-OH is 1. The lowest BCUT2D eigenvalue weighted by molar-refractivity contribution is 0.0759. The van der Waals surface area contributed by atoms with E-state index < -0.39 is 0 Å². The fourth-order valence-electron chi connectivity index (χ4n) is 2.37. The quantitative estimate of drug-likeness (QED) is 0.908. The molecule has 110 valence electrons. The van der Waals surface area contributed by atoms with Gasteiger partial charge in [-0.15, -0.1) is 0 Å². The zero-order valence-electron chi connectivity index (χ0n) is 11.2. The first kappa shape index (κ1) is 15.4. The predicted molar refractivity (Wildman–Crippen MR) is 78.1 cm³/mol. The third kappa shape index (κ3) is 3.77. The minimum atomic E-state index is -0.363. The normalized spacial score (nSPS) is 17.1. The van der Waals surface area contributed by atoms with Crippen molar-refractivity contribution in [1.29, 1.82) is 0 Å². The lowest BCUT2D eigenvalue weighted by Crippen LogP contribution is -2.36. The minimum absolute atomic E-state index is 0.0808. The Labute approximate surface area is 126 Å². The summed E-state index contributed by atoms with van der Waals surface area (Å²) in [4.78, 5) is 16.4. The number of amides is 1. The molecule has 0 aliphatic carbocycles. The van der Waals surface area contributed by atoms with Crippen LogP contribution in [0.4, 0.5) is 4.39 Å². The van der Waals surface area contributed by atoms with Gasteiger partial charge in [-0.2, -0.15) is 0 Å². The summed E-state index contributed by atoms with van der Waals surface area (Å²) < 4.78 is 13.6. The minimum Gasteiger partial charge on any atom is -0.395 e. The van der Waals surface area contributed by atoms with Crippen LogP contribution in [0.5, 0.6) is 0 Å². The second-order valence-corrected chi connectivity index (χ2v) is 5.69. The number of hydrogen-bond acceptors (Lipinski definition) is 3. The molecule has 1 aliphatic heterocycles. The summed E-state index contributed by atoms with van der Waals surface area (Å²) in [6.07, 6.45) is 0.880. The Morgan fingerprint density at radius 3 is 2.80 bits per heavy atom. The number of carbonyl (C=O) groups excluding carboxylic acids is 1. The van der Waals surface area contributed by atoms with Crippen molar-refractivity contribution in [3.63, 3.8) is 0 Å². The zero-order chi connectivity index (χ0) is 14.5. The summed E-state index contributed by atoms with van der Waals surface area (Å²) in [5.41, 5.74) is 0.488. The summed E-state index contributed by atoms with van der Waals surface area (Å²) in [5, 5.41) is 8.96. The van der Waals surface area contributed by atoms with Crippen LogP contribution < -0.4 is 0 Å². The summed E-state index contributed by atoms with van der Waals surface area (Å²) in [6.45, 7) is 3.73. The summed E-state index contributed by atoms with van der Waals surface area (Å²) in [7, 11) is 0. The molecular formula is C14H18BrFN2O2. The van der Waals surface area contributed by atoms with E-state index in [0.29, 0.717) is 29.7 Å². The molecule has 0 unspecified atom stereocenters. The van der Waals surface area contributed by atoms with Gasteiger partial charge >= 0.3 is 0 Å². The Bertz CT molecular complexity index is 484. The second-order valence-electron chi connectivity index (χ2n) is 4.84. The molecule has 1 aromatic carbocycles. The van der Waals surface area contributed by atoms with Gasteiger partial charge < -0.3 is 10.0 Å². The van der Waals surface area contributed by atoms with Crippen LogP contribution in [0.1, 0.15) is 16.8 Å². The first-order chi connectivity index (χ1) is 9.61. The zero-order valence-corrected chi connectivity index (χ0v) is 12.8. The highest BCUT2D eigenvalue weighted by atomic mass is 79.9. The third-order valence-electron chi connectivity index (χ3n) is 3.45. The van der Waals surface area contributed by atoms with Gasteiger partial charge in [0.1, 0.15) is 5.82 Å². The Morgan fingerprint density at radius 1 is 1.30 bits per heavy atom. The van der Waals surface area contributed by atoms with Crippen LogP contribution in [0.25, 0.3) is 0 Å². The molecule has 1 amide bonds. The molecule has 4 nitrogen and oxygen atoms in total. The van der Waals surface area contributed by atoms with Gasteiger partial charge in [0.05, 0.1) is 12.2 Å². The Morgan fingerprint density at radius 2 is 2.10 bits per heavy atom. The van der Waals surface area contributed by atoms with E-state index in [-0.39, 0.29) is 18.3 Å². The van der Waals surface area contributed by atoms with Gasteiger partial charge in [-0.1, -0.05) is 0 Å². The molecule has 0 atom stereocenters. The second kappa shape index (κ2) is 7.15. The van der Waals surface area contributed by atoms with Crippen molar-refractivity contribution in [2.75, 3.05) is 39.3 Å². The maximum Gasteiger partial charge on any atom is 0.255 e. The standard InChI is InChI=1S/C14H18BrFN2O2/c15-13-10-11(16)2-3-12(13)14(20)18-5-1-4-17(6-7-18)8-9-19/h2-3,10,19H,1,4-9H2. The van der Waals surface area contributed by atoms with Crippen LogP contribution in [0.2, 0.25) is 0 Å². The van der Waals surface area contributed by atoms with Gasteiger partial charge in [-0.25, -0.2) is 4.39 Å². The molecule has 0 saturated carbocycles. The maximum atomic E-state index is 13.1. The molecule has 20 heavy (non-hydrogen) atoms. The highest BCUT2D eigenvalue weighted by molar-refractivity contribution is 9.10. The van der Waals surface area contributed by atoms with E-state index in [9.17, 15) is 9.18 Å². The third-order valence-corrected chi connectivity index (χ3v) is 4.11. The van der Waals surface area contributed by atoms with Crippen molar-refractivity contribution in [3.8, 4) is 0 Å². The Balaban J connectivity index is 2.05. The highest BCUT2D eigenvalue weighted by Crippen LogP contribution is 2.20. The Hall–Kier alpha value is -0.980. The molecule has 0 spiro atoms. The van der Waals surface area contributed by atoms with Crippen LogP contribution in [0.3, 0.4) is 0 Å². The lowest BCUT2D eigenvalue weighted by Gasteiger charge is -2.22. The van der Waals surface area contributed by atoms with Gasteiger partial charge in [-0.3, -0.25) is 9.69 Å². The van der Waals surface area contributed by atoms with Gasteiger partial charge in [0, 0.05) is 30.7 Å². The van der Waals surface area contributed by atoms with E-state index in [1.807, 2.05) is 0 Å². The lowest BCUT2D eigenvalue weighted by atomic mass is 10.2. The molecule has 1 fully saturated rings. The summed E-state index contributed by atoms with van der Waals surface area (Å²) in [6, 6.07) is 4.12. The molecule has 1 aliphatic rings. The van der Waals surface area contributed by atoms with E-state index >= 15 is 0 Å². The van der Waals surface area contributed by atoms with E-state index in [2.05, 4.69) is 20.8 Å².